The summed E-state index contributed by atoms with van der Waals surface area (Å²) in [5, 5.41) is 0. The lowest BCUT2D eigenvalue weighted by Crippen LogP contribution is -1.91. The molecule has 0 aromatic rings. The summed E-state index contributed by atoms with van der Waals surface area (Å²) < 4.78 is 0. The van der Waals surface area contributed by atoms with E-state index in [1.165, 1.54) is 0 Å². The standard InChI is InChI=1S/C10H16N2/c1-8(2)12-7-6-9(3)10(4)11-5/h6-7H,3H2,1-2,4-5H3/b7-6-,11-10?. The highest BCUT2D eigenvalue weighted by atomic mass is 14.7. The maximum Gasteiger partial charge on any atom is 0.0380 e. The van der Waals surface area contributed by atoms with E-state index in [9.17, 15) is 0 Å². The minimum absolute atomic E-state index is 0.905. The second-order valence-electron chi connectivity index (χ2n) is 2.73. The van der Waals surface area contributed by atoms with Gasteiger partial charge in [-0.15, -0.1) is 0 Å². The third-order valence-electron chi connectivity index (χ3n) is 1.41. The first-order chi connectivity index (χ1) is 5.57. The number of hydrogen-bond donors (Lipinski definition) is 0. The number of rotatable bonds is 3. The molecule has 2 nitrogen and oxygen atoms in total. The highest BCUT2D eigenvalue weighted by Crippen LogP contribution is 1.96. The molecule has 0 aromatic heterocycles. The molecule has 0 aliphatic heterocycles. The first-order valence-corrected chi connectivity index (χ1v) is 3.88. The monoisotopic (exact) mass is 164 g/mol. The van der Waals surface area contributed by atoms with Gasteiger partial charge in [-0.25, -0.2) is 0 Å². The Balaban J connectivity index is 4.20. The fourth-order valence-electron chi connectivity index (χ4n) is 0.541. The average molecular weight is 164 g/mol. The van der Waals surface area contributed by atoms with Crippen molar-refractivity contribution in [2.45, 2.75) is 20.8 Å². The van der Waals surface area contributed by atoms with Crippen LogP contribution in [0.5, 0.6) is 0 Å². The number of hydrogen-bond acceptors (Lipinski definition) is 2. The van der Waals surface area contributed by atoms with Crippen LogP contribution in [0.15, 0.2) is 34.4 Å². The summed E-state index contributed by atoms with van der Waals surface area (Å²) in [6.07, 6.45) is 3.60. The van der Waals surface area contributed by atoms with Crippen LogP contribution in [0.3, 0.4) is 0 Å². The molecule has 0 spiro atoms. The molecule has 0 aromatic carbocycles. The summed E-state index contributed by atoms with van der Waals surface area (Å²) in [4.78, 5) is 8.11. The van der Waals surface area contributed by atoms with Crippen LogP contribution < -0.4 is 0 Å². The van der Waals surface area contributed by atoms with E-state index in [0.717, 1.165) is 17.0 Å². The van der Waals surface area contributed by atoms with Gasteiger partial charge in [0, 0.05) is 24.7 Å². The second kappa shape index (κ2) is 5.47. The molecule has 0 saturated heterocycles. The van der Waals surface area contributed by atoms with Gasteiger partial charge in [0.15, 0.2) is 0 Å². The van der Waals surface area contributed by atoms with E-state index in [0.29, 0.717) is 0 Å². The average Bonchev–Trinajstić information content (AvgIpc) is 2.02. The molecule has 0 radical (unpaired) electrons. The summed E-state index contributed by atoms with van der Waals surface area (Å²) in [5.74, 6) is 0. The highest BCUT2D eigenvalue weighted by molar-refractivity contribution is 6.00. The van der Waals surface area contributed by atoms with E-state index in [2.05, 4.69) is 16.6 Å². The molecule has 0 rings (SSSR count). The molecular formula is C10H16N2. The van der Waals surface area contributed by atoms with Gasteiger partial charge in [0.25, 0.3) is 0 Å². The smallest absolute Gasteiger partial charge is 0.0380 e. The van der Waals surface area contributed by atoms with Crippen LogP contribution in [0, 0.1) is 0 Å². The van der Waals surface area contributed by atoms with Crippen molar-refractivity contribution >= 4 is 11.4 Å². The van der Waals surface area contributed by atoms with Crippen LogP contribution in [0.4, 0.5) is 0 Å². The van der Waals surface area contributed by atoms with Crippen LogP contribution >= 0.6 is 0 Å². The number of nitrogens with zero attached hydrogens (tertiary/aromatic N) is 2. The lowest BCUT2D eigenvalue weighted by Gasteiger charge is -1.94. The molecule has 0 saturated carbocycles. The van der Waals surface area contributed by atoms with Crippen LogP contribution in [0.25, 0.3) is 0 Å². The quantitative estimate of drug-likeness (QED) is 0.452. The van der Waals surface area contributed by atoms with E-state index in [4.69, 9.17) is 0 Å². The molecule has 12 heavy (non-hydrogen) atoms. The zero-order valence-corrected chi connectivity index (χ0v) is 8.26. The fourth-order valence-corrected chi connectivity index (χ4v) is 0.541. The van der Waals surface area contributed by atoms with E-state index in [1.807, 2.05) is 26.8 Å². The second-order valence-corrected chi connectivity index (χ2v) is 2.73. The zero-order valence-electron chi connectivity index (χ0n) is 8.26. The topological polar surface area (TPSA) is 24.7 Å². The molecule has 66 valence electrons. The molecule has 0 heterocycles. The first-order valence-electron chi connectivity index (χ1n) is 3.88. The van der Waals surface area contributed by atoms with Gasteiger partial charge in [-0.2, -0.15) is 0 Å². The third-order valence-corrected chi connectivity index (χ3v) is 1.41. The normalized spacial score (nSPS) is 11.8. The fraction of sp³-hybridized carbons (Fsp3) is 0.400. The summed E-state index contributed by atoms with van der Waals surface area (Å²) in [6, 6.07) is 0. The van der Waals surface area contributed by atoms with Gasteiger partial charge in [0.1, 0.15) is 0 Å². The summed E-state index contributed by atoms with van der Waals surface area (Å²) >= 11 is 0. The van der Waals surface area contributed by atoms with Gasteiger partial charge in [0.05, 0.1) is 0 Å². The molecule has 0 N–H and O–H groups in total. The van der Waals surface area contributed by atoms with Crippen LogP contribution in [0.2, 0.25) is 0 Å². The van der Waals surface area contributed by atoms with Gasteiger partial charge in [-0.3, -0.25) is 9.98 Å². The molecular weight excluding hydrogens is 148 g/mol. The minimum atomic E-state index is 0.905. The van der Waals surface area contributed by atoms with Crippen molar-refractivity contribution in [2.75, 3.05) is 7.05 Å². The molecule has 0 fully saturated rings. The van der Waals surface area contributed by atoms with E-state index in [1.54, 1.807) is 13.2 Å². The van der Waals surface area contributed by atoms with E-state index in [-0.39, 0.29) is 0 Å². The van der Waals surface area contributed by atoms with E-state index < -0.39 is 0 Å². The number of aliphatic imine (C=N–C) groups is 2. The Bertz CT molecular complexity index is 241. The summed E-state index contributed by atoms with van der Waals surface area (Å²) in [6.45, 7) is 9.67. The predicted molar refractivity (Wildman–Crippen MR) is 56.1 cm³/mol. The number of allylic oxidation sites excluding steroid dienone is 2. The van der Waals surface area contributed by atoms with Crippen molar-refractivity contribution in [3.63, 3.8) is 0 Å². The maximum atomic E-state index is 4.10. The van der Waals surface area contributed by atoms with Crippen molar-refractivity contribution in [1.82, 2.24) is 0 Å². The molecule has 0 bridgehead atoms. The van der Waals surface area contributed by atoms with Crippen molar-refractivity contribution < 1.29 is 0 Å². The Kier molecular flexibility index (Phi) is 4.93. The lowest BCUT2D eigenvalue weighted by atomic mass is 10.2. The van der Waals surface area contributed by atoms with Crippen LogP contribution in [0.1, 0.15) is 20.8 Å². The summed E-state index contributed by atoms with van der Waals surface area (Å²) in [5.41, 5.74) is 2.88. The SMILES string of the molecule is C=C(/C=C\N=C(C)C)C(C)=NC. The molecule has 0 unspecified atom stereocenters. The minimum Gasteiger partial charge on any atom is -0.293 e. The first kappa shape index (κ1) is 10.8. The Morgan fingerprint density at radius 3 is 2.25 bits per heavy atom. The summed E-state index contributed by atoms with van der Waals surface area (Å²) in [7, 11) is 1.75. The predicted octanol–water partition coefficient (Wildman–Crippen LogP) is 2.63. The zero-order chi connectivity index (χ0) is 9.56. The lowest BCUT2D eigenvalue weighted by molar-refractivity contribution is 1.41. The Hall–Kier alpha value is -1.18. The third kappa shape index (κ3) is 4.61. The Morgan fingerprint density at radius 2 is 1.83 bits per heavy atom. The van der Waals surface area contributed by atoms with Crippen molar-refractivity contribution in [3.05, 3.63) is 24.4 Å². The molecule has 2 heteroatoms. The van der Waals surface area contributed by atoms with E-state index >= 15 is 0 Å². The van der Waals surface area contributed by atoms with Gasteiger partial charge in [-0.05, 0) is 32.4 Å². The van der Waals surface area contributed by atoms with Crippen molar-refractivity contribution in [2.24, 2.45) is 9.98 Å². The van der Waals surface area contributed by atoms with Crippen molar-refractivity contribution in [1.29, 1.82) is 0 Å². The maximum absolute atomic E-state index is 4.10. The largest absolute Gasteiger partial charge is 0.293 e. The van der Waals surface area contributed by atoms with Crippen LogP contribution in [-0.4, -0.2) is 18.5 Å². The van der Waals surface area contributed by atoms with Gasteiger partial charge < -0.3 is 0 Å². The van der Waals surface area contributed by atoms with Gasteiger partial charge >= 0.3 is 0 Å². The van der Waals surface area contributed by atoms with Crippen LogP contribution in [-0.2, 0) is 0 Å². The van der Waals surface area contributed by atoms with Gasteiger partial charge in [-0.1, -0.05) is 6.58 Å². The highest BCUT2D eigenvalue weighted by Gasteiger charge is 1.89. The molecule has 0 amide bonds. The Morgan fingerprint density at radius 1 is 1.25 bits per heavy atom. The molecule has 0 aliphatic carbocycles. The molecule has 0 aliphatic rings. The van der Waals surface area contributed by atoms with Gasteiger partial charge in [0.2, 0.25) is 0 Å². The Labute approximate surface area is 74.4 Å². The molecule has 0 atom stereocenters. The van der Waals surface area contributed by atoms with Crippen molar-refractivity contribution in [3.8, 4) is 0 Å².